The minimum Gasteiger partial charge on any atom is -0.313 e. The van der Waals surface area contributed by atoms with E-state index >= 15 is 0 Å². The SMILES string of the molecule is O=C(NO)c1ccc(CCCN2CCC(CNC3CC3c3ccc(-c4cncnc4)cc3)CC2)cc1. The number of hydroxylamine groups is 1. The first kappa shape index (κ1) is 24.6. The Morgan fingerprint density at radius 3 is 2.39 bits per heavy atom. The highest BCUT2D eigenvalue weighted by molar-refractivity contribution is 5.93. The Bertz CT molecular complexity index is 1110. The third-order valence-electron chi connectivity index (χ3n) is 7.66. The van der Waals surface area contributed by atoms with E-state index in [4.69, 9.17) is 5.21 Å². The molecule has 1 amide bonds. The lowest BCUT2D eigenvalue weighted by Gasteiger charge is -2.32. The number of aromatic nitrogens is 2. The van der Waals surface area contributed by atoms with Gasteiger partial charge >= 0.3 is 0 Å². The molecule has 0 bridgehead atoms. The molecule has 7 heteroatoms. The number of amides is 1. The highest BCUT2D eigenvalue weighted by Crippen LogP contribution is 2.41. The number of piperidine rings is 1. The van der Waals surface area contributed by atoms with E-state index in [1.165, 1.54) is 49.0 Å². The summed E-state index contributed by atoms with van der Waals surface area (Å²) in [4.78, 5) is 22.2. The lowest BCUT2D eigenvalue weighted by molar-refractivity contribution is 0.0706. The Balaban J connectivity index is 0.972. The Labute approximate surface area is 212 Å². The van der Waals surface area contributed by atoms with E-state index in [1.54, 1.807) is 23.9 Å². The number of likely N-dealkylation sites (tertiary alicyclic amines) is 1. The normalized spacial score (nSPS) is 20.2. The monoisotopic (exact) mass is 485 g/mol. The molecule has 0 radical (unpaired) electrons. The van der Waals surface area contributed by atoms with Crippen LogP contribution in [-0.2, 0) is 6.42 Å². The number of hydrogen-bond acceptors (Lipinski definition) is 6. The Morgan fingerprint density at radius 2 is 1.69 bits per heavy atom. The van der Waals surface area contributed by atoms with E-state index in [2.05, 4.69) is 44.5 Å². The lowest BCUT2D eigenvalue weighted by atomic mass is 9.96. The maximum Gasteiger partial charge on any atom is 0.274 e. The second-order valence-corrected chi connectivity index (χ2v) is 10.1. The average molecular weight is 486 g/mol. The highest BCUT2D eigenvalue weighted by atomic mass is 16.5. The number of rotatable bonds is 10. The zero-order valence-corrected chi connectivity index (χ0v) is 20.6. The van der Waals surface area contributed by atoms with Gasteiger partial charge in [0.05, 0.1) is 0 Å². The number of benzene rings is 2. The fourth-order valence-corrected chi connectivity index (χ4v) is 5.29. The molecule has 1 aromatic heterocycles. The predicted molar refractivity (Wildman–Crippen MR) is 140 cm³/mol. The van der Waals surface area contributed by atoms with Crippen LogP contribution in [0.3, 0.4) is 0 Å². The average Bonchev–Trinajstić information content (AvgIpc) is 3.73. The van der Waals surface area contributed by atoms with Gasteiger partial charge < -0.3 is 10.2 Å². The summed E-state index contributed by atoms with van der Waals surface area (Å²) in [7, 11) is 0. The molecular weight excluding hydrogens is 450 g/mol. The smallest absolute Gasteiger partial charge is 0.274 e. The van der Waals surface area contributed by atoms with Crippen molar-refractivity contribution in [1.82, 2.24) is 25.7 Å². The molecule has 7 nitrogen and oxygen atoms in total. The van der Waals surface area contributed by atoms with Gasteiger partial charge in [0, 0.05) is 35.5 Å². The largest absolute Gasteiger partial charge is 0.313 e. The molecule has 3 aromatic rings. The zero-order valence-electron chi connectivity index (χ0n) is 20.6. The minimum atomic E-state index is -0.468. The van der Waals surface area contributed by atoms with Gasteiger partial charge in [-0.15, -0.1) is 0 Å². The van der Waals surface area contributed by atoms with Gasteiger partial charge in [0.25, 0.3) is 5.91 Å². The van der Waals surface area contributed by atoms with Gasteiger partial charge in [-0.3, -0.25) is 10.0 Å². The van der Waals surface area contributed by atoms with E-state index in [9.17, 15) is 4.79 Å². The number of aryl methyl sites for hydroxylation is 1. The molecule has 2 heterocycles. The second kappa shape index (κ2) is 11.7. The number of nitrogens with zero attached hydrogens (tertiary/aromatic N) is 3. The third kappa shape index (κ3) is 6.35. The van der Waals surface area contributed by atoms with Gasteiger partial charge in [-0.25, -0.2) is 15.4 Å². The van der Waals surface area contributed by atoms with Crippen molar-refractivity contribution in [2.45, 2.75) is 44.1 Å². The first-order chi connectivity index (χ1) is 17.7. The van der Waals surface area contributed by atoms with E-state index in [0.717, 1.165) is 37.4 Å². The van der Waals surface area contributed by atoms with Gasteiger partial charge in [-0.1, -0.05) is 36.4 Å². The van der Waals surface area contributed by atoms with Crippen LogP contribution in [0.1, 0.15) is 53.1 Å². The minimum absolute atomic E-state index is 0.468. The van der Waals surface area contributed by atoms with Crippen molar-refractivity contribution in [3.05, 3.63) is 83.9 Å². The van der Waals surface area contributed by atoms with Crippen molar-refractivity contribution >= 4 is 5.91 Å². The molecule has 1 saturated heterocycles. The molecule has 2 atom stereocenters. The van der Waals surface area contributed by atoms with Crippen molar-refractivity contribution in [2.24, 2.45) is 5.92 Å². The van der Waals surface area contributed by atoms with E-state index in [1.807, 2.05) is 24.5 Å². The fraction of sp³-hybridized carbons (Fsp3) is 0.414. The number of carbonyl (C=O) groups excluding carboxylic acids is 1. The molecule has 5 rings (SSSR count). The van der Waals surface area contributed by atoms with Gasteiger partial charge in [0.1, 0.15) is 6.33 Å². The zero-order chi connectivity index (χ0) is 24.7. The maximum absolute atomic E-state index is 11.4. The van der Waals surface area contributed by atoms with Crippen LogP contribution in [0.2, 0.25) is 0 Å². The molecule has 2 aliphatic rings. The Hall–Kier alpha value is -3.13. The van der Waals surface area contributed by atoms with E-state index in [-0.39, 0.29) is 0 Å². The van der Waals surface area contributed by atoms with Crippen LogP contribution in [0.25, 0.3) is 11.1 Å². The van der Waals surface area contributed by atoms with Crippen molar-refractivity contribution in [3.8, 4) is 11.1 Å². The van der Waals surface area contributed by atoms with Gasteiger partial charge in [-0.05, 0) is 93.0 Å². The third-order valence-corrected chi connectivity index (χ3v) is 7.66. The van der Waals surface area contributed by atoms with Gasteiger partial charge in [0.15, 0.2) is 0 Å². The molecule has 1 aliphatic heterocycles. The fourth-order valence-electron chi connectivity index (χ4n) is 5.29. The summed E-state index contributed by atoms with van der Waals surface area (Å²) in [6.07, 6.45) is 11.2. The Morgan fingerprint density at radius 1 is 0.972 bits per heavy atom. The van der Waals surface area contributed by atoms with Gasteiger partial charge in [-0.2, -0.15) is 0 Å². The molecule has 2 aromatic carbocycles. The van der Waals surface area contributed by atoms with Gasteiger partial charge in [0.2, 0.25) is 0 Å². The topological polar surface area (TPSA) is 90.4 Å². The summed E-state index contributed by atoms with van der Waals surface area (Å²) in [5.41, 5.74) is 7.03. The lowest BCUT2D eigenvalue weighted by Crippen LogP contribution is -2.38. The van der Waals surface area contributed by atoms with E-state index in [0.29, 0.717) is 17.5 Å². The predicted octanol–water partition coefficient (Wildman–Crippen LogP) is 4.05. The maximum atomic E-state index is 11.4. The molecule has 188 valence electrons. The van der Waals surface area contributed by atoms with Crippen LogP contribution in [0.4, 0.5) is 0 Å². The van der Waals surface area contributed by atoms with Crippen molar-refractivity contribution in [3.63, 3.8) is 0 Å². The number of carbonyl (C=O) groups is 1. The molecule has 2 unspecified atom stereocenters. The van der Waals surface area contributed by atoms with Crippen LogP contribution >= 0.6 is 0 Å². The summed E-state index contributed by atoms with van der Waals surface area (Å²) < 4.78 is 0. The summed E-state index contributed by atoms with van der Waals surface area (Å²) >= 11 is 0. The van der Waals surface area contributed by atoms with Crippen LogP contribution in [0, 0.1) is 5.92 Å². The first-order valence-corrected chi connectivity index (χ1v) is 13.0. The molecule has 2 fully saturated rings. The van der Waals surface area contributed by atoms with Crippen LogP contribution in [0.15, 0.2) is 67.3 Å². The molecule has 1 saturated carbocycles. The summed E-state index contributed by atoms with van der Waals surface area (Å²) in [5, 5.41) is 12.5. The molecular formula is C29H35N5O2. The van der Waals surface area contributed by atoms with Crippen LogP contribution in [0.5, 0.6) is 0 Å². The molecule has 1 aliphatic carbocycles. The summed E-state index contributed by atoms with van der Waals surface area (Å²) in [6.45, 7) is 4.61. The summed E-state index contributed by atoms with van der Waals surface area (Å²) in [6, 6.07) is 17.0. The Kier molecular flexibility index (Phi) is 8.01. The summed E-state index contributed by atoms with van der Waals surface area (Å²) in [5.74, 6) is 0.941. The van der Waals surface area contributed by atoms with Crippen molar-refractivity contribution < 1.29 is 10.0 Å². The van der Waals surface area contributed by atoms with E-state index < -0.39 is 5.91 Å². The molecule has 0 spiro atoms. The molecule has 36 heavy (non-hydrogen) atoms. The number of hydrogen-bond donors (Lipinski definition) is 3. The van der Waals surface area contributed by atoms with Crippen molar-refractivity contribution in [2.75, 3.05) is 26.2 Å². The standard InChI is InChI=1S/C29H35N5O2/c35-29(33-36)25-5-3-21(4-6-25)2-1-13-34-14-11-22(12-15-34)17-32-28-16-27(28)24-9-7-23(8-10-24)26-18-30-20-31-19-26/h3-10,18-20,22,27-28,32,36H,1-2,11-17H2,(H,33,35). The van der Waals surface area contributed by atoms with Crippen LogP contribution < -0.4 is 10.8 Å². The van der Waals surface area contributed by atoms with Crippen molar-refractivity contribution in [1.29, 1.82) is 0 Å². The molecule has 3 N–H and O–H groups in total. The second-order valence-electron chi connectivity index (χ2n) is 10.1. The quantitative estimate of drug-likeness (QED) is 0.297. The number of nitrogens with one attached hydrogen (secondary N) is 2. The first-order valence-electron chi connectivity index (χ1n) is 13.0. The highest BCUT2D eigenvalue weighted by Gasteiger charge is 2.38. The van der Waals surface area contributed by atoms with Crippen LogP contribution in [-0.4, -0.2) is 58.2 Å².